The van der Waals surface area contributed by atoms with Crippen molar-refractivity contribution in [2.45, 2.75) is 6.92 Å². The zero-order chi connectivity index (χ0) is 19.2. The summed E-state index contributed by atoms with van der Waals surface area (Å²) in [5.74, 6) is -0.565. The van der Waals surface area contributed by atoms with Gasteiger partial charge < -0.3 is 15.4 Å². The lowest BCUT2D eigenvalue weighted by Crippen LogP contribution is -2.16. The van der Waals surface area contributed by atoms with Crippen LogP contribution in [0.25, 0.3) is 0 Å². The van der Waals surface area contributed by atoms with Gasteiger partial charge in [0, 0.05) is 18.1 Å². The summed E-state index contributed by atoms with van der Waals surface area (Å²) in [5.41, 5.74) is 2.85. The van der Waals surface area contributed by atoms with E-state index >= 15 is 0 Å². The average Bonchev–Trinajstić information content (AvgIpc) is 2.70. The highest BCUT2D eigenvalue weighted by molar-refractivity contribution is 6.07. The smallest absolute Gasteiger partial charge is 0.339 e. The van der Waals surface area contributed by atoms with Crippen molar-refractivity contribution in [3.8, 4) is 0 Å². The first-order valence-electron chi connectivity index (χ1n) is 8.22. The molecule has 1 heterocycles. The zero-order valence-corrected chi connectivity index (χ0v) is 14.9. The summed E-state index contributed by atoms with van der Waals surface area (Å²) in [6.07, 6.45) is 2.84. The van der Waals surface area contributed by atoms with Crippen LogP contribution in [0.3, 0.4) is 0 Å². The van der Waals surface area contributed by atoms with Crippen LogP contribution in [-0.4, -0.2) is 29.0 Å². The minimum Gasteiger partial charge on any atom is -0.465 e. The molecule has 0 bridgehead atoms. The Kier molecular flexibility index (Phi) is 5.41. The lowest BCUT2D eigenvalue weighted by molar-refractivity contribution is 0.0602. The highest BCUT2D eigenvalue weighted by Gasteiger charge is 2.15. The molecule has 0 unspecified atom stereocenters. The van der Waals surface area contributed by atoms with Crippen molar-refractivity contribution in [1.82, 2.24) is 9.97 Å². The monoisotopic (exact) mass is 362 g/mol. The maximum absolute atomic E-state index is 12.4. The predicted molar refractivity (Wildman–Crippen MR) is 102 cm³/mol. The quantitative estimate of drug-likeness (QED) is 0.674. The second-order valence-corrected chi connectivity index (χ2v) is 5.73. The molecule has 136 valence electrons. The first kappa shape index (κ1) is 18.1. The number of carbonyl (C=O) groups excluding carboxylic acids is 2. The van der Waals surface area contributed by atoms with Crippen LogP contribution in [0.4, 0.5) is 17.3 Å². The van der Waals surface area contributed by atoms with Gasteiger partial charge in [-0.2, -0.15) is 0 Å². The number of benzene rings is 2. The van der Waals surface area contributed by atoms with Gasteiger partial charge in [0.2, 0.25) is 5.95 Å². The fourth-order valence-corrected chi connectivity index (χ4v) is 2.42. The number of methoxy groups -OCH3 is 1. The minimum absolute atomic E-state index is 0.269. The van der Waals surface area contributed by atoms with Gasteiger partial charge in [-0.15, -0.1) is 0 Å². The molecule has 1 amide bonds. The molecule has 0 atom stereocenters. The number of rotatable bonds is 5. The molecule has 3 aromatic rings. The number of carbonyl (C=O) groups is 2. The number of anilines is 3. The van der Waals surface area contributed by atoms with Crippen LogP contribution in [0.2, 0.25) is 0 Å². The van der Waals surface area contributed by atoms with Crippen LogP contribution >= 0.6 is 0 Å². The van der Waals surface area contributed by atoms with Crippen LogP contribution in [0, 0.1) is 6.92 Å². The zero-order valence-electron chi connectivity index (χ0n) is 14.9. The fraction of sp³-hybridized carbons (Fsp3) is 0.100. The van der Waals surface area contributed by atoms with Crippen molar-refractivity contribution < 1.29 is 14.3 Å². The summed E-state index contributed by atoms with van der Waals surface area (Å²) in [6, 6.07) is 14.4. The molecule has 27 heavy (non-hydrogen) atoms. The summed E-state index contributed by atoms with van der Waals surface area (Å²) in [6.45, 7) is 1.98. The maximum atomic E-state index is 12.4. The number of para-hydroxylation sites is 2. The van der Waals surface area contributed by atoms with E-state index in [0.29, 0.717) is 11.6 Å². The molecule has 7 heteroatoms. The predicted octanol–water partition coefficient (Wildman–Crippen LogP) is 3.57. The summed E-state index contributed by atoms with van der Waals surface area (Å²) < 4.78 is 4.72. The summed E-state index contributed by atoms with van der Waals surface area (Å²) >= 11 is 0. The molecular weight excluding hydrogens is 344 g/mol. The maximum Gasteiger partial charge on any atom is 0.339 e. The Bertz CT molecular complexity index is 971. The Labute approximate surface area is 156 Å². The molecule has 2 aromatic carbocycles. The molecule has 0 spiro atoms. The SMILES string of the molecule is COC(=O)c1ccccc1NC(=O)c1cnc(Nc2ccccc2C)nc1. The van der Waals surface area contributed by atoms with E-state index in [1.54, 1.807) is 24.3 Å². The molecule has 0 saturated heterocycles. The molecule has 0 aliphatic carbocycles. The van der Waals surface area contributed by atoms with E-state index in [9.17, 15) is 9.59 Å². The molecule has 3 rings (SSSR count). The van der Waals surface area contributed by atoms with Crippen LogP contribution in [-0.2, 0) is 4.74 Å². The molecule has 0 aliphatic rings. The van der Waals surface area contributed by atoms with E-state index in [1.165, 1.54) is 19.5 Å². The van der Waals surface area contributed by atoms with Crippen LogP contribution in [0.1, 0.15) is 26.3 Å². The second kappa shape index (κ2) is 8.09. The Morgan fingerprint density at radius 1 is 0.926 bits per heavy atom. The normalized spacial score (nSPS) is 10.1. The first-order valence-corrected chi connectivity index (χ1v) is 8.22. The first-order chi connectivity index (χ1) is 13.1. The van der Waals surface area contributed by atoms with Crippen LogP contribution in [0.15, 0.2) is 60.9 Å². The number of nitrogens with one attached hydrogen (secondary N) is 2. The standard InChI is InChI=1S/C20H18N4O3/c1-13-7-3-5-9-16(13)24-20-21-11-14(12-22-20)18(25)23-17-10-6-4-8-15(17)19(26)27-2/h3-12H,1-2H3,(H,23,25)(H,21,22,24). The Morgan fingerprint density at radius 2 is 1.56 bits per heavy atom. The highest BCUT2D eigenvalue weighted by atomic mass is 16.5. The largest absolute Gasteiger partial charge is 0.465 e. The number of ether oxygens (including phenoxy) is 1. The van der Waals surface area contributed by atoms with Crippen molar-refractivity contribution in [2.75, 3.05) is 17.7 Å². The topological polar surface area (TPSA) is 93.2 Å². The van der Waals surface area contributed by atoms with Gasteiger partial charge in [-0.1, -0.05) is 30.3 Å². The Balaban J connectivity index is 1.73. The van der Waals surface area contributed by atoms with Gasteiger partial charge in [0.1, 0.15) is 0 Å². The lowest BCUT2D eigenvalue weighted by atomic mass is 10.1. The highest BCUT2D eigenvalue weighted by Crippen LogP contribution is 2.19. The number of aryl methyl sites for hydroxylation is 1. The van der Waals surface area contributed by atoms with Crippen molar-refractivity contribution in [1.29, 1.82) is 0 Å². The van der Waals surface area contributed by atoms with E-state index in [4.69, 9.17) is 4.74 Å². The van der Waals surface area contributed by atoms with Gasteiger partial charge in [0.15, 0.2) is 0 Å². The van der Waals surface area contributed by atoms with E-state index < -0.39 is 11.9 Å². The number of nitrogens with zero attached hydrogens (tertiary/aromatic N) is 2. The number of aromatic nitrogens is 2. The second-order valence-electron chi connectivity index (χ2n) is 5.73. The Hall–Kier alpha value is -3.74. The van der Waals surface area contributed by atoms with E-state index in [2.05, 4.69) is 20.6 Å². The van der Waals surface area contributed by atoms with Gasteiger partial charge >= 0.3 is 5.97 Å². The van der Waals surface area contributed by atoms with Gasteiger partial charge in [0.05, 0.1) is 23.9 Å². The van der Waals surface area contributed by atoms with Crippen LogP contribution < -0.4 is 10.6 Å². The number of hydrogen-bond donors (Lipinski definition) is 2. The average molecular weight is 362 g/mol. The fourth-order valence-electron chi connectivity index (χ4n) is 2.42. The van der Waals surface area contributed by atoms with E-state index in [0.717, 1.165) is 11.3 Å². The lowest BCUT2D eigenvalue weighted by Gasteiger charge is -2.10. The third-order valence-electron chi connectivity index (χ3n) is 3.89. The number of esters is 1. The molecule has 0 aliphatic heterocycles. The summed E-state index contributed by atoms with van der Waals surface area (Å²) in [4.78, 5) is 32.6. The van der Waals surface area contributed by atoms with Crippen molar-refractivity contribution in [3.05, 3.63) is 77.6 Å². The summed E-state index contributed by atoms with van der Waals surface area (Å²) in [5, 5.41) is 5.78. The Morgan fingerprint density at radius 3 is 2.22 bits per heavy atom. The number of amides is 1. The third kappa shape index (κ3) is 4.27. The van der Waals surface area contributed by atoms with Crippen molar-refractivity contribution in [2.24, 2.45) is 0 Å². The molecule has 7 nitrogen and oxygen atoms in total. The number of hydrogen-bond acceptors (Lipinski definition) is 6. The molecule has 1 aromatic heterocycles. The van der Waals surface area contributed by atoms with E-state index in [1.807, 2.05) is 31.2 Å². The minimum atomic E-state index is -0.528. The van der Waals surface area contributed by atoms with Gasteiger partial charge in [0.25, 0.3) is 5.91 Å². The summed E-state index contributed by atoms with van der Waals surface area (Å²) in [7, 11) is 1.29. The molecule has 0 radical (unpaired) electrons. The molecular formula is C20H18N4O3. The molecule has 0 saturated carbocycles. The van der Waals surface area contributed by atoms with Crippen molar-refractivity contribution >= 4 is 29.2 Å². The van der Waals surface area contributed by atoms with E-state index in [-0.39, 0.29) is 11.1 Å². The van der Waals surface area contributed by atoms with Gasteiger partial charge in [-0.3, -0.25) is 4.79 Å². The van der Waals surface area contributed by atoms with Gasteiger partial charge in [-0.25, -0.2) is 14.8 Å². The van der Waals surface area contributed by atoms with Gasteiger partial charge in [-0.05, 0) is 30.7 Å². The molecule has 2 N–H and O–H groups in total. The third-order valence-corrected chi connectivity index (χ3v) is 3.89. The van der Waals surface area contributed by atoms with Crippen molar-refractivity contribution in [3.63, 3.8) is 0 Å². The van der Waals surface area contributed by atoms with Crippen LogP contribution in [0.5, 0.6) is 0 Å². The molecule has 0 fully saturated rings.